The van der Waals surface area contributed by atoms with E-state index in [0.717, 1.165) is 10.5 Å². The molecule has 0 atom stereocenters. The smallest absolute Gasteiger partial charge is 0.185 e. The minimum Gasteiger partial charge on any atom is -0.289 e. The van der Waals surface area contributed by atoms with Crippen molar-refractivity contribution in [3.05, 3.63) is 71.8 Å². The first kappa shape index (κ1) is 11.7. The number of benzene rings is 2. The normalized spacial score (nSPS) is 10.6. The van der Waals surface area contributed by atoms with Gasteiger partial charge >= 0.3 is 0 Å². The maximum absolute atomic E-state index is 11.8. The molecule has 0 amide bonds. The van der Waals surface area contributed by atoms with Crippen LogP contribution < -0.4 is 0 Å². The highest BCUT2D eigenvalue weighted by Crippen LogP contribution is 2.14. The predicted octanol–water partition coefficient (Wildman–Crippen LogP) is 3.87. The number of carbonyl (C=O) groups is 1. The van der Waals surface area contributed by atoms with Gasteiger partial charge in [-0.2, -0.15) is 0 Å². The Hall–Kier alpha value is -1.80. The largest absolute Gasteiger partial charge is 0.289 e. The van der Waals surface area contributed by atoms with E-state index in [1.165, 1.54) is 0 Å². The summed E-state index contributed by atoms with van der Waals surface area (Å²) < 4.78 is 0. The van der Waals surface area contributed by atoms with Gasteiger partial charge in [-0.1, -0.05) is 48.5 Å². The number of hydrogen-bond donors (Lipinski definition) is 1. The summed E-state index contributed by atoms with van der Waals surface area (Å²) in [6, 6.07) is 16.9. The second-order valence-electron chi connectivity index (χ2n) is 3.62. The van der Waals surface area contributed by atoms with E-state index in [1.807, 2.05) is 42.5 Å². The molecule has 2 heteroatoms. The van der Waals surface area contributed by atoms with Gasteiger partial charge in [-0.15, -0.1) is 12.6 Å². The van der Waals surface area contributed by atoms with E-state index in [0.29, 0.717) is 5.56 Å². The zero-order chi connectivity index (χ0) is 12.1. The number of ketones is 1. The van der Waals surface area contributed by atoms with Crippen LogP contribution in [-0.4, -0.2) is 5.78 Å². The Bertz CT molecular complexity index is 544. The van der Waals surface area contributed by atoms with Crippen molar-refractivity contribution in [2.24, 2.45) is 0 Å². The van der Waals surface area contributed by atoms with Crippen LogP contribution in [0.2, 0.25) is 0 Å². The summed E-state index contributed by atoms with van der Waals surface area (Å²) in [5.74, 6) is 0.00202. The maximum atomic E-state index is 11.8. The molecular weight excluding hydrogens is 228 g/mol. The van der Waals surface area contributed by atoms with Crippen LogP contribution in [0.5, 0.6) is 0 Å². The molecule has 0 aromatic heterocycles. The second kappa shape index (κ2) is 5.51. The Morgan fingerprint density at radius 1 is 0.941 bits per heavy atom. The van der Waals surface area contributed by atoms with Gasteiger partial charge in [-0.05, 0) is 23.8 Å². The summed E-state index contributed by atoms with van der Waals surface area (Å²) >= 11 is 4.33. The lowest BCUT2D eigenvalue weighted by Crippen LogP contribution is -1.92. The van der Waals surface area contributed by atoms with Crippen molar-refractivity contribution < 1.29 is 4.79 Å². The lowest BCUT2D eigenvalue weighted by Gasteiger charge is -1.98. The van der Waals surface area contributed by atoms with E-state index >= 15 is 0 Å². The summed E-state index contributed by atoms with van der Waals surface area (Å²) in [7, 11) is 0. The van der Waals surface area contributed by atoms with Gasteiger partial charge in [0.05, 0.1) is 0 Å². The van der Waals surface area contributed by atoms with Crippen LogP contribution >= 0.6 is 12.6 Å². The fraction of sp³-hybridized carbons (Fsp3) is 0. The monoisotopic (exact) mass is 240 g/mol. The van der Waals surface area contributed by atoms with Crippen molar-refractivity contribution >= 4 is 24.5 Å². The van der Waals surface area contributed by atoms with E-state index in [1.54, 1.807) is 24.3 Å². The first-order chi connectivity index (χ1) is 8.27. The van der Waals surface area contributed by atoms with Crippen molar-refractivity contribution in [1.82, 2.24) is 0 Å². The zero-order valence-electron chi connectivity index (χ0n) is 9.21. The SMILES string of the molecule is O=C(C=Cc1ccccc1S)c1ccccc1. The molecule has 2 rings (SSSR count). The molecule has 0 radical (unpaired) electrons. The fourth-order valence-corrected chi connectivity index (χ4v) is 1.73. The number of thiol groups is 1. The molecule has 0 bridgehead atoms. The molecule has 0 saturated carbocycles. The van der Waals surface area contributed by atoms with Crippen molar-refractivity contribution in [2.75, 3.05) is 0 Å². The van der Waals surface area contributed by atoms with Crippen LogP contribution in [0, 0.1) is 0 Å². The summed E-state index contributed by atoms with van der Waals surface area (Å²) in [5.41, 5.74) is 1.64. The fourth-order valence-electron chi connectivity index (χ4n) is 1.49. The van der Waals surface area contributed by atoms with Gasteiger partial charge in [0.2, 0.25) is 0 Å². The van der Waals surface area contributed by atoms with E-state index in [4.69, 9.17) is 0 Å². The van der Waals surface area contributed by atoms with Gasteiger partial charge in [0, 0.05) is 10.5 Å². The highest BCUT2D eigenvalue weighted by atomic mass is 32.1. The lowest BCUT2D eigenvalue weighted by atomic mass is 10.1. The quantitative estimate of drug-likeness (QED) is 0.489. The maximum Gasteiger partial charge on any atom is 0.185 e. The first-order valence-electron chi connectivity index (χ1n) is 5.33. The molecule has 0 N–H and O–H groups in total. The van der Waals surface area contributed by atoms with Gasteiger partial charge in [0.15, 0.2) is 5.78 Å². The Labute approximate surface area is 106 Å². The van der Waals surface area contributed by atoms with Gasteiger partial charge < -0.3 is 0 Å². The van der Waals surface area contributed by atoms with E-state index in [-0.39, 0.29) is 5.78 Å². The van der Waals surface area contributed by atoms with Crippen LogP contribution in [0.1, 0.15) is 15.9 Å². The molecule has 0 spiro atoms. The van der Waals surface area contributed by atoms with Crippen molar-refractivity contribution in [3.63, 3.8) is 0 Å². The second-order valence-corrected chi connectivity index (χ2v) is 4.10. The van der Waals surface area contributed by atoms with Crippen LogP contribution in [-0.2, 0) is 0 Å². The van der Waals surface area contributed by atoms with Gasteiger partial charge in [0.25, 0.3) is 0 Å². The lowest BCUT2D eigenvalue weighted by molar-refractivity contribution is 0.104. The minimum atomic E-state index is 0.00202. The van der Waals surface area contributed by atoms with Crippen molar-refractivity contribution in [2.45, 2.75) is 4.90 Å². The highest BCUT2D eigenvalue weighted by Gasteiger charge is 2.00. The third-order valence-electron chi connectivity index (χ3n) is 2.41. The molecular formula is C15H12OS. The molecule has 0 aliphatic heterocycles. The summed E-state index contributed by atoms with van der Waals surface area (Å²) in [6.45, 7) is 0. The standard InChI is InChI=1S/C15H12OS/c16-14(12-6-2-1-3-7-12)11-10-13-8-4-5-9-15(13)17/h1-11,17H. The number of rotatable bonds is 3. The van der Waals surface area contributed by atoms with Gasteiger partial charge in [-0.3, -0.25) is 4.79 Å². The summed E-state index contributed by atoms with van der Waals surface area (Å²) in [5, 5.41) is 0. The Morgan fingerprint density at radius 2 is 1.59 bits per heavy atom. The molecule has 1 nitrogen and oxygen atoms in total. The third-order valence-corrected chi connectivity index (χ3v) is 2.82. The van der Waals surface area contributed by atoms with Crippen molar-refractivity contribution in [1.29, 1.82) is 0 Å². The summed E-state index contributed by atoms with van der Waals surface area (Å²) in [4.78, 5) is 12.7. The molecule has 0 aliphatic rings. The Morgan fingerprint density at radius 3 is 2.29 bits per heavy atom. The van der Waals surface area contributed by atoms with Gasteiger partial charge in [0.1, 0.15) is 0 Å². The molecule has 2 aromatic rings. The first-order valence-corrected chi connectivity index (χ1v) is 5.77. The minimum absolute atomic E-state index is 0.00202. The predicted molar refractivity (Wildman–Crippen MR) is 73.5 cm³/mol. The number of hydrogen-bond acceptors (Lipinski definition) is 2. The highest BCUT2D eigenvalue weighted by molar-refractivity contribution is 7.80. The zero-order valence-corrected chi connectivity index (χ0v) is 10.1. The van der Waals surface area contributed by atoms with Crippen molar-refractivity contribution in [3.8, 4) is 0 Å². The molecule has 0 aliphatic carbocycles. The Balaban J connectivity index is 2.17. The topological polar surface area (TPSA) is 17.1 Å². The molecule has 84 valence electrons. The average Bonchev–Trinajstić information content (AvgIpc) is 2.38. The van der Waals surface area contributed by atoms with E-state index in [9.17, 15) is 4.79 Å². The molecule has 0 fully saturated rings. The van der Waals surface area contributed by atoms with E-state index in [2.05, 4.69) is 12.6 Å². The number of carbonyl (C=O) groups excluding carboxylic acids is 1. The Kier molecular flexibility index (Phi) is 3.78. The summed E-state index contributed by atoms with van der Waals surface area (Å²) in [6.07, 6.45) is 3.36. The van der Waals surface area contributed by atoms with E-state index < -0.39 is 0 Å². The molecule has 2 aromatic carbocycles. The van der Waals surface area contributed by atoms with Gasteiger partial charge in [-0.25, -0.2) is 0 Å². The van der Waals surface area contributed by atoms with Crippen LogP contribution in [0.3, 0.4) is 0 Å². The third kappa shape index (κ3) is 3.08. The number of allylic oxidation sites excluding steroid dienone is 1. The molecule has 0 unspecified atom stereocenters. The molecule has 17 heavy (non-hydrogen) atoms. The van der Waals surface area contributed by atoms with Crippen LogP contribution in [0.15, 0.2) is 65.6 Å². The van der Waals surface area contributed by atoms with Crippen LogP contribution in [0.4, 0.5) is 0 Å². The molecule has 0 saturated heterocycles. The molecule has 0 heterocycles. The van der Waals surface area contributed by atoms with Crippen LogP contribution in [0.25, 0.3) is 6.08 Å². The average molecular weight is 240 g/mol.